The zero-order valence-corrected chi connectivity index (χ0v) is 13.4. The second-order valence-electron chi connectivity index (χ2n) is 6.78. The first kappa shape index (κ1) is 16.0. The van der Waals surface area contributed by atoms with Gasteiger partial charge in [-0.15, -0.1) is 0 Å². The Hall–Kier alpha value is -1.88. The molecule has 1 fully saturated rings. The van der Waals surface area contributed by atoms with E-state index >= 15 is 0 Å². The van der Waals surface area contributed by atoms with Crippen LogP contribution in [0.5, 0.6) is 0 Å². The van der Waals surface area contributed by atoms with Gasteiger partial charge in [-0.05, 0) is 61.8 Å². The van der Waals surface area contributed by atoms with Gasteiger partial charge < -0.3 is 15.7 Å². The molecule has 5 heteroatoms. The third-order valence-corrected chi connectivity index (χ3v) is 5.23. The number of benzene rings is 1. The highest BCUT2D eigenvalue weighted by Gasteiger charge is 2.44. The number of likely N-dealkylation sites (tertiary alicyclic amines) is 1. The minimum absolute atomic E-state index is 0.0141. The maximum absolute atomic E-state index is 13.0. The van der Waals surface area contributed by atoms with Gasteiger partial charge in [0.25, 0.3) is 5.91 Å². The number of rotatable bonds is 4. The molecule has 3 rings (SSSR count). The Morgan fingerprint density at radius 3 is 2.61 bits per heavy atom. The standard InChI is InChI=1S/C18H24N2O3/c19-16(22)11-18(12-21)8-3-9-20(18)17(23)15-7-6-13-4-1-2-5-14(13)10-15/h6-7,10,21H,1-5,8-9,11-12H2,(H2,19,22)/t18-/m0/s1. The van der Waals surface area contributed by atoms with Crippen molar-refractivity contribution in [2.24, 2.45) is 5.73 Å². The Labute approximate surface area is 136 Å². The maximum Gasteiger partial charge on any atom is 0.254 e. The van der Waals surface area contributed by atoms with Crippen molar-refractivity contribution in [2.45, 2.75) is 50.5 Å². The van der Waals surface area contributed by atoms with Gasteiger partial charge in [0.1, 0.15) is 0 Å². The highest BCUT2D eigenvalue weighted by molar-refractivity contribution is 5.95. The van der Waals surface area contributed by atoms with Crippen LogP contribution >= 0.6 is 0 Å². The van der Waals surface area contributed by atoms with Gasteiger partial charge in [0.2, 0.25) is 5.91 Å². The van der Waals surface area contributed by atoms with Crippen LogP contribution in [0.2, 0.25) is 0 Å². The number of nitrogens with zero attached hydrogens (tertiary/aromatic N) is 1. The van der Waals surface area contributed by atoms with Crippen molar-refractivity contribution in [1.29, 1.82) is 0 Å². The van der Waals surface area contributed by atoms with E-state index in [1.54, 1.807) is 4.90 Å². The summed E-state index contributed by atoms with van der Waals surface area (Å²) < 4.78 is 0. The smallest absolute Gasteiger partial charge is 0.254 e. The lowest BCUT2D eigenvalue weighted by molar-refractivity contribution is -0.120. The first-order valence-electron chi connectivity index (χ1n) is 8.39. The highest BCUT2D eigenvalue weighted by Crippen LogP contribution is 2.34. The summed E-state index contributed by atoms with van der Waals surface area (Å²) in [6.45, 7) is 0.330. The first-order valence-corrected chi connectivity index (χ1v) is 8.39. The van der Waals surface area contributed by atoms with Gasteiger partial charge in [0, 0.05) is 12.1 Å². The molecule has 1 aromatic carbocycles. The quantitative estimate of drug-likeness (QED) is 0.881. The molecule has 3 N–H and O–H groups in total. The van der Waals surface area contributed by atoms with Crippen molar-refractivity contribution in [1.82, 2.24) is 4.90 Å². The number of aliphatic hydroxyl groups is 1. The third kappa shape index (κ3) is 2.98. The Balaban J connectivity index is 1.88. The first-order chi connectivity index (χ1) is 11.1. The lowest BCUT2D eigenvalue weighted by Gasteiger charge is -2.36. The van der Waals surface area contributed by atoms with E-state index in [0.29, 0.717) is 18.5 Å². The number of aliphatic hydroxyl groups excluding tert-OH is 1. The minimum Gasteiger partial charge on any atom is -0.394 e. The van der Waals surface area contributed by atoms with Crippen LogP contribution in [-0.4, -0.2) is 40.5 Å². The van der Waals surface area contributed by atoms with E-state index in [9.17, 15) is 14.7 Å². The summed E-state index contributed by atoms with van der Waals surface area (Å²) in [5, 5.41) is 9.82. The topological polar surface area (TPSA) is 83.6 Å². The Kier molecular flexibility index (Phi) is 4.39. The molecule has 0 spiro atoms. The zero-order chi connectivity index (χ0) is 16.4. The molecule has 1 aromatic rings. The second kappa shape index (κ2) is 6.32. The van der Waals surface area contributed by atoms with Crippen molar-refractivity contribution in [3.05, 3.63) is 34.9 Å². The number of nitrogens with two attached hydrogens (primary N) is 1. The summed E-state index contributed by atoms with van der Waals surface area (Å²) in [4.78, 5) is 26.0. The van der Waals surface area contributed by atoms with Gasteiger partial charge in [-0.2, -0.15) is 0 Å². The largest absolute Gasteiger partial charge is 0.394 e. The number of carbonyl (C=O) groups is 2. The van der Waals surface area contributed by atoms with Crippen molar-refractivity contribution in [2.75, 3.05) is 13.2 Å². The summed E-state index contributed by atoms with van der Waals surface area (Å²) in [7, 11) is 0. The fourth-order valence-electron chi connectivity index (χ4n) is 4.01. The maximum atomic E-state index is 13.0. The fraction of sp³-hybridized carbons (Fsp3) is 0.556. The number of hydrogen-bond donors (Lipinski definition) is 2. The van der Waals surface area contributed by atoms with Gasteiger partial charge in [-0.3, -0.25) is 9.59 Å². The highest BCUT2D eigenvalue weighted by atomic mass is 16.3. The van der Waals surface area contributed by atoms with Crippen molar-refractivity contribution in [3.63, 3.8) is 0 Å². The molecule has 1 saturated heterocycles. The summed E-state index contributed by atoms with van der Waals surface area (Å²) in [6, 6.07) is 5.91. The summed E-state index contributed by atoms with van der Waals surface area (Å²) in [5.74, 6) is -0.588. The van der Waals surface area contributed by atoms with E-state index in [2.05, 4.69) is 0 Å². The van der Waals surface area contributed by atoms with Crippen LogP contribution in [0.4, 0.5) is 0 Å². The van der Waals surface area contributed by atoms with Crippen LogP contribution in [0, 0.1) is 0 Å². The molecule has 1 aliphatic carbocycles. The SMILES string of the molecule is NC(=O)C[C@]1(CO)CCCN1C(=O)c1ccc2c(c1)CCCC2. The van der Waals surface area contributed by atoms with E-state index in [1.165, 1.54) is 17.5 Å². The zero-order valence-electron chi connectivity index (χ0n) is 13.4. The van der Waals surface area contributed by atoms with Gasteiger partial charge in [0.15, 0.2) is 0 Å². The minimum atomic E-state index is -0.835. The van der Waals surface area contributed by atoms with E-state index in [1.807, 2.05) is 18.2 Å². The Morgan fingerprint density at radius 1 is 1.17 bits per heavy atom. The molecule has 2 amide bonds. The van der Waals surface area contributed by atoms with Gasteiger partial charge >= 0.3 is 0 Å². The van der Waals surface area contributed by atoms with Gasteiger partial charge in [0.05, 0.1) is 18.6 Å². The van der Waals surface area contributed by atoms with E-state index in [0.717, 1.165) is 25.7 Å². The molecule has 124 valence electrons. The number of primary amides is 1. The number of aryl methyl sites for hydroxylation is 2. The molecule has 0 bridgehead atoms. The molecule has 5 nitrogen and oxygen atoms in total. The predicted octanol–water partition coefficient (Wildman–Crippen LogP) is 1.41. The number of carbonyl (C=O) groups excluding carboxylic acids is 2. The lowest BCUT2D eigenvalue weighted by Crippen LogP contribution is -2.52. The Morgan fingerprint density at radius 2 is 1.91 bits per heavy atom. The molecular formula is C18H24N2O3. The average molecular weight is 316 g/mol. The summed E-state index contributed by atoms with van der Waals surface area (Å²) in [5.41, 5.74) is 7.74. The molecule has 0 unspecified atom stereocenters. The van der Waals surface area contributed by atoms with Gasteiger partial charge in [-0.1, -0.05) is 6.07 Å². The molecule has 1 aliphatic heterocycles. The van der Waals surface area contributed by atoms with Crippen LogP contribution in [0.1, 0.15) is 53.6 Å². The molecule has 2 aliphatic rings. The van der Waals surface area contributed by atoms with Crippen LogP contribution in [0.15, 0.2) is 18.2 Å². The summed E-state index contributed by atoms with van der Waals surface area (Å²) >= 11 is 0. The number of fused-ring (bicyclic) bond motifs is 1. The van der Waals surface area contributed by atoms with Crippen LogP contribution in [-0.2, 0) is 17.6 Å². The van der Waals surface area contributed by atoms with Crippen molar-refractivity contribution in [3.8, 4) is 0 Å². The lowest BCUT2D eigenvalue weighted by atomic mass is 9.89. The Bertz CT molecular complexity index is 629. The average Bonchev–Trinajstić information content (AvgIpc) is 2.97. The molecule has 0 aromatic heterocycles. The number of amides is 2. The van der Waals surface area contributed by atoms with Crippen molar-refractivity contribution < 1.29 is 14.7 Å². The molecule has 0 radical (unpaired) electrons. The fourth-order valence-corrected chi connectivity index (χ4v) is 4.01. The molecule has 23 heavy (non-hydrogen) atoms. The van der Waals surface area contributed by atoms with Crippen LogP contribution in [0.25, 0.3) is 0 Å². The monoisotopic (exact) mass is 316 g/mol. The number of hydrogen-bond acceptors (Lipinski definition) is 3. The van der Waals surface area contributed by atoms with Crippen LogP contribution < -0.4 is 5.73 Å². The van der Waals surface area contributed by atoms with Crippen molar-refractivity contribution >= 4 is 11.8 Å². The molecule has 0 saturated carbocycles. The van der Waals surface area contributed by atoms with Crippen LogP contribution in [0.3, 0.4) is 0 Å². The van der Waals surface area contributed by atoms with E-state index in [4.69, 9.17) is 5.73 Å². The predicted molar refractivity (Wildman–Crippen MR) is 87.0 cm³/mol. The molecule has 1 heterocycles. The van der Waals surface area contributed by atoms with Gasteiger partial charge in [-0.25, -0.2) is 0 Å². The summed E-state index contributed by atoms with van der Waals surface area (Å²) in [6.07, 6.45) is 5.88. The molecular weight excluding hydrogens is 292 g/mol. The van der Waals surface area contributed by atoms with E-state index in [-0.39, 0.29) is 18.9 Å². The van der Waals surface area contributed by atoms with E-state index < -0.39 is 11.4 Å². The third-order valence-electron chi connectivity index (χ3n) is 5.23. The molecule has 1 atom stereocenters. The normalized spacial score (nSPS) is 23.6. The second-order valence-corrected chi connectivity index (χ2v) is 6.78.